The van der Waals surface area contributed by atoms with E-state index in [4.69, 9.17) is 9.31 Å². The Morgan fingerprint density at radius 1 is 0.958 bits per heavy atom. The van der Waals surface area contributed by atoms with E-state index in [0.717, 1.165) is 18.6 Å². The summed E-state index contributed by atoms with van der Waals surface area (Å²) in [6.45, 7) is 22.2. The fourth-order valence-electron chi connectivity index (χ4n) is 3.12. The molecule has 24 heavy (non-hydrogen) atoms. The number of hydrogen-bond donors (Lipinski definition) is 0. The first-order valence-corrected chi connectivity index (χ1v) is 12.7. The summed E-state index contributed by atoms with van der Waals surface area (Å²) in [6, 6.07) is 6.78. The van der Waals surface area contributed by atoms with E-state index in [1.807, 2.05) is 0 Å². The summed E-state index contributed by atoms with van der Waals surface area (Å²) < 4.78 is 12.5. The third-order valence-corrected chi connectivity index (χ3v) is 7.47. The maximum atomic E-state index is 6.25. The van der Waals surface area contributed by atoms with E-state index in [1.165, 1.54) is 10.9 Å². The van der Waals surface area contributed by atoms with Crippen molar-refractivity contribution in [2.45, 2.75) is 72.4 Å². The molecule has 3 nitrogen and oxygen atoms in total. The predicted octanol–water partition coefficient (Wildman–Crippen LogP) is 3.38. The molecule has 0 N–H and O–H groups in total. The van der Waals surface area contributed by atoms with E-state index >= 15 is 0 Å². The Bertz CT molecular complexity index is 576. The van der Waals surface area contributed by atoms with Gasteiger partial charge in [-0.1, -0.05) is 31.8 Å². The molecule has 2 rings (SSSR count). The Kier molecular flexibility index (Phi) is 5.30. The van der Waals surface area contributed by atoms with Crippen LogP contribution < -0.4 is 15.5 Å². The molecule has 0 radical (unpaired) electrons. The maximum Gasteiger partial charge on any atom is 0.494 e. The summed E-state index contributed by atoms with van der Waals surface area (Å²) in [6.07, 6.45) is 0. The summed E-state index contributed by atoms with van der Waals surface area (Å²) in [5.74, 6) is 0. The van der Waals surface area contributed by atoms with Crippen LogP contribution in [0.25, 0.3) is 0 Å². The Morgan fingerprint density at radius 2 is 1.46 bits per heavy atom. The van der Waals surface area contributed by atoms with Gasteiger partial charge in [0, 0.05) is 18.8 Å². The number of nitrogens with zero attached hydrogens (tertiary/aromatic N) is 1. The second-order valence-corrected chi connectivity index (χ2v) is 13.8. The van der Waals surface area contributed by atoms with Crippen molar-refractivity contribution in [1.29, 1.82) is 0 Å². The molecule has 0 amide bonds. The second kappa shape index (κ2) is 6.51. The van der Waals surface area contributed by atoms with Crippen molar-refractivity contribution in [2.24, 2.45) is 0 Å². The van der Waals surface area contributed by atoms with Gasteiger partial charge in [0.15, 0.2) is 0 Å². The Hall–Kier alpha value is -0.778. The molecule has 0 atom stereocenters. The number of hydrogen-bond acceptors (Lipinski definition) is 3. The third-order valence-electron chi connectivity index (χ3n) is 5.46. The zero-order valence-electron chi connectivity index (χ0n) is 17.0. The van der Waals surface area contributed by atoms with Gasteiger partial charge in [0.1, 0.15) is 0 Å². The van der Waals surface area contributed by atoms with Crippen molar-refractivity contribution in [3.8, 4) is 0 Å². The standard InChI is InChI=1S/C19H34BNO2Si/c1-10-21(11-2)16-13-12-15(14-17(16)24(7,8)9)20-22-18(3,4)19(5,6)23-20/h12-14H,10-11H2,1-9H3. The van der Waals surface area contributed by atoms with Gasteiger partial charge in [0.05, 0.1) is 19.3 Å². The topological polar surface area (TPSA) is 21.7 Å². The van der Waals surface area contributed by atoms with Gasteiger partial charge >= 0.3 is 7.12 Å². The zero-order chi connectivity index (χ0) is 18.3. The molecule has 134 valence electrons. The normalized spacial score (nSPS) is 19.6. The molecule has 1 saturated heterocycles. The highest BCUT2D eigenvalue weighted by atomic mass is 28.3. The van der Waals surface area contributed by atoms with Crippen molar-refractivity contribution in [3.05, 3.63) is 18.2 Å². The lowest BCUT2D eigenvalue weighted by Crippen LogP contribution is -2.46. The lowest BCUT2D eigenvalue weighted by Gasteiger charge is -2.32. The molecular weight excluding hydrogens is 313 g/mol. The lowest BCUT2D eigenvalue weighted by atomic mass is 9.79. The number of rotatable bonds is 5. The van der Waals surface area contributed by atoms with Crippen LogP contribution in [0.2, 0.25) is 19.6 Å². The second-order valence-electron chi connectivity index (χ2n) is 8.79. The fourth-order valence-corrected chi connectivity index (χ4v) is 4.73. The van der Waals surface area contributed by atoms with E-state index in [9.17, 15) is 0 Å². The fraction of sp³-hybridized carbons (Fsp3) is 0.684. The van der Waals surface area contributed by atoms with Gasteiger partial charge in [-0.3, -0.25) is 0 Å². The molecule has 1 aliphatic heterocycles. The van der Waals surface area contributed by atoms with Gasteiger partial charge in [-0.05, 0) is 58.3 Å². The first-order chi connectivity index (χ1) is 10.9. The van der Waals surface area contributed by atoms with Gasteiger partial charge in [0.25, 0.3) is 0 Å². The Balaban J connectivity index is 2.45. The monoisotopic (exact) mass is 347 g/mol. The van der Waals surface area contributed by atoms with Crippen LogP contribution >= 0.6 is 0 Å². The molecule has 1 heterocycles. The summed E-state index contributed by atoms with van der Waals surface area (Å²) in [4.78, 5) is 2.45. The van der Waals surface area contributed by atoms with E-state index < -0.39 is 8.07 Å². The molecule has 0 bridgehead atoms. The Morgan fingerprint density at radius 3 is 1.88 bits per heavy atom. The van der Waals surface area contributed by atoms with Gasteiger partial charge < -0.3 is 14.2 Å². The van der Waals surface area contributed by atoms with Gasteiger partial charge in [-0.15, -0.1) is 0 Å². The molecular formula is C19H34BNO2Si. The van der Waals surface area contributed by atoms with Crippen molar-refractivity contribution in [2.75, 3.05) is 18.0 Å². The maximum absolute atomic E-state index is 6.25. The van der Waals surface area contributed by atoms with Crippen LogP contribution in [0.15, 0.2) is 18.2 Å². The molecule has 0 aliphatic carbocycles. The quantitative estimate of drug-likeness (QED) is 0.762. The van der Waals surface area contributed by atoms with Crippen LogP contribution in [-0.2, 0) is 9.31 Å². The third kappa shape index (κ3) is 3.58. The summed E-state index contributed by atoms with van der Waals surface area (Å²) >= 11 is 0. The van der Waals surface area contributed by atoms with Crippen molar-refractivity contribution in [1.82, 2.24) is 0 Å². The molecule has 1 aromatic rings. The van der Waals surface area contributed by atoms with Gasteiger partial charge in [-0.2, -0.15) is 0 Å². The molecule has 1 aliphatic rings. The molecule has 0 spiro atoms. The van der Waals surface area contributed by atoms with Crippen LogP contribution in [0.3, 0.4) is 0 Å². The van der Waals surface area contributed by atoms with Gasteiger partial charge in [0.2, 0.25) is 0 Å². The molecule has 1 aromatic carbocycles. The number of anilines is 1. The highest BCUT2D eigenvalue weighted by Gasteiger charge is 2.51. The first-order valence-electron chi connectivity index (χ1n) is 9.18. The molecule has 5 heteroatoms. The Labute approximate surface area is 149 Å². The average molecular weight is 347 g/mol. The minimum absolute atomic E-state index is 0.282. The smallest absolute Gasteiger partial charge is 0.399 e. The highest BCUT2D eigenvalue weighted by Crippen LogP contribution is 2.36. The largest absolute Gasteiger partial charge is 0.494 e. The zero-order valence-corrected chi connectivity index (χ0v) is 18.0. The van der Waals surface area contributed by atoms with E-state index in [0.29, 0.717) is 0 Å². The molecule has 0 aromatic heterocycles. The predicted molar refractivity (Wildman–Crippen MR) is 109 cm³/mol. The minimum atomic E-state index is -1.48. The van der Waals surface area contributed by atoms with Crippen LogP contribution in [0.1, 0.15) is 41.5 Å². The van der Waals surface area contributed by atoms with Crippen LogP contribution in [-0.4, -0.2) is 39.5 Å². The summed E-state index contributed by atoms with van der Waals surface area (Å²) in [5, 5.41) is 1.48. The molecule has 1 fully saturated rings. The molecule has 0 unspecified atom stereocenters. The van der Waals surface area contributed by atoms with Crippen molar-refractivity contribution < 1.29 is 9.31 Å². The van der Waals surface area contributed by atoms with E-state index in [2.05, 4.69) is 84.3 Å². The average Bonchev–Trinajstić information content (AvgIpc) is 2.68. The van der Waals surface area contributed by atoms with Crippen LogP contribution in [0.4, 0.5) is 5.69 Å². The van der Waals surface area contributed by atoms with E-state index in [-0.39, 0.29) is 18.3 Å². The lowest BCUT2D eigenvalue weighted by molar-refractivity contribution is 0.00578. The molecule has 0 saturated carbocycles. The minimum Gasteiger partial charge on any atom is -0.399 e. The highest BCUT2D eigenvalue weighted by molar-refractivity contribution is 6.90. The van der Waals surface area contributed by atoms with Crippen molar-refractivity contribution in [3.63, 3.8) is 0 Å². The van der Waals surface area contributed by atoms with Crippen LogP contribution in [0, 0.1) is 0 Å². The SMILES string of the molecule is CCN(CC)c1ccc(B2OC(C)(C)C(C)(C)O2)cc1[Si](C)(C)C. The number of benzene rings is 1. The first kappa shape index (κ1) is 19.5. The summed E-state index contributed by atoms with van der Waals surface area (Å²) in [7, 11) is -1.76. The summed E-state index contributed by atoms with van der Waals surface area (Å²) in [5.41, 5.74) is 1.92. The van der Waals surface area contributed by atoms with Gasteiger partial charge in [-0.25, -0.2) is 0 Å². The van der Waals surface area contributed by atoms with E-state index in [1.54, 1.807) is 0 Å². The van der Waals surface area contributed by atoms with Crippen LogP contribution in [0.5, 0.6) is 0 Å². The van der Waals surface area contributed by atoms with Crippen molar-refractivity contribution >= 4 is 31.5 Å².